The summed E-state index contributed by atoms with van der Waals surface area (Å²) in [5.41, 5.74) is 0.465. The number of ether oxygens (including phenoxy) is 1. The van der Waals surface area contributed by atoms with Crippen LogP contribution in [0.1, 0.15) is 39.0 Å². The lowest BCUT2D eigenvalue weighted by atomic mass is 10.2. The summed E-state index contributed by atoms with van der Waals surface area (Å²) in [6.45, 7) is 4.31. The highest BCUT2D eigenvalue weighted by molar-refractivity contribution is 7.89. The van der Waals surface area contributed by atoms with Gasteiger partial charge in [0.05, 0.1) is 13.2 Å². The molecule has 9 heteroatoms. The summed E-state index contributed by atoms with van der Waals surface area (Å²) in [4.78, 5) is 12.2. The quantitative estimate of drug-likeness (QED) is 0.627. The molecule has 0 bridgehead atoms. The highest BCUT2D eigenvalue weighted by Crippen LogP contribution is 2.31. The van der Waals surface area contributed by atoms with E-state index in [0.717, 1.165) is 25.8 Å². The Labute approximate surface area is 173 Å². The second kappa shape index (κ2) is 10.4. The third kappa shape index (κ3) is 6.07. The Balaban J connectivity index is 0.00000280. The van der Waals surface area contributed by atoms with Gasteiger partial charge in [-0.3, -0.25) is 4.79 Å². The number of nitrogens with one attached hydrogen (secondary N) is 2. The summed E-state index contributed by atoms with van der Waals surface area (Å²) in [6, 6.07) is 4.81. The monoisotopic (exact) mass is 431 g/mol. The Morgan fingerprint density at radius 2 is 1.93 bits per heavy atom. The van der Waals surface area contributed by atoms with Crippen molar-refractivity contribution in [2.45, 2.75) is 43.9 Å². The van der Waals surface area contributed by atoms with Crippen molar-refractivity contribution in [2.75, 3.05) is 38.1 Å². The van der Waals surface area contributed by atoms with Crippen LogP contribution in [0.15, 0.2) is 23.1 Å². The molecular weight excluding hydrogens is 402 g/mol. The standard InChI is InChI=1S/C19H29N3O4S.ClH/c1-2-26-17-9-8-16(21-19(23)14-20-13-15-6-7-15)12-18(17)27(24,25)22-10-4-3-5-11-22;/h8-9,12,15,20H,2-7,10-11,13-14H2,1H3,(H,21,23);1H. The maximum absolute atomic E-state index is 13.1. The van der Waals surface area contributed by atoms with Crippen molar-refractivity contribution in [1.29, 1.82) is 0 Å². The molecule has 7 nitrogen and oxygen atoms in total. The molecule has 2 fully saturated rings. The number of carbonyl (C=O) groups excluding carboxylic acids is 1. The predicted molar refractivity (Wildman–Crippen MR) is 112 cm³/mol. The second-order valence-corrected chi connectivity index (χ2v) is 9.09. The Morgan fingerprint density at radius 3 is 2.57 bits per heavy atom. The van der Waals surface area contributed by atoms with Gasteiger partial charge < -0.3 is 15.4 Å². The number of amides is 1. The van der Waals surface area contributed by atoms with E-state index in [9.17, 15) is 13.2 Å². The van der Waals surface area contributed by atoms with E-state index in [0.29, 0.717) is 37.1 Å². The summed E-state index contributed by atoms with van der Waals surface area (Å²) < 4.78 is 33.2. The van der Waals surface area contributed by atoms with E-state index in [1.165, 1.54) is 23.2 Å². The lowest BCUT2D eigenvalue weighted by molar-refractivity contribution is -0.115. The molecule has 0 aromatic heterocycles. The van der Waals surface area contributed by atoms with Gasteiger partial charge >= 0.3 is 0 Å². The molecule has 0 spiro atoms. The van der Waals surface area contributed by atoms with Crippen molar-refractivity contribution in [2.24, 2.45) is 5.92 Å². The molecule has 2 aliphatic rings. The maximum Gasteiger partial charge on any atom is 0.246 e. The first-order valence-corrected chi connectivity index (χ1v) is 11.2. The van der Waals surface area contributed by atoms with E-state index in [-0.39, 0.29) is 29.8 Å². The number of halogens is 1. The molecule has 0 unspecified atom stereocenters. The fourth-order valence-corrected chi connectivity index (χ4v) is 4.90. The first-order valence-electron chi connectivity index (χ1n) is 9.78. The van der Waals surface area contributed by atoms with Gasteiger partial charge in [-0.05, 0) is 63.3 Å². The molecule has 2 N–H and O–H groups in total. The predicted octanol–water partition coefficient (Wildman–Crippen LogP) is 2.62. The second-order valence-electron chi connectivity index (χ2n) is 7.18. The van der Waals surface area contributed by atoms with Gasteiger partial charge in [-0.15, -0.1) is 12.4 Å². The van der Waals surface area contributed by atoms with Crippen LogP contribution >= 0.6 is 12.4 Å². The van der Waals surface area contributed by atoms with Gasteiger partial charge in [0.25, 0.3) is 0 Å². The summed E-state index contributed by atoms with van der Waals surface area (Å²) in [5, 5.41) is 5.91. The van der Waals surface area contributed by atoms with Crippen LogP contribution in [0.3, 0.4) is 0 Å². The van der Waals surface area contributed by atoms with Crippen molar-refractivity contribution in [3.63, 3.8) is 0 Å². The Kier molecular flexibility index (Phi) is 8.55. The summed E-state index contributed by atoms with van der Waals surface area (Å²) in [6.07, 6.45) is 5.24. The van der Waals surface area contributed by atoms with Gasteiger partial charge in [0.2, 0.25) is 15.9 Å². The van der Waals surface area contributed by atoms with Crippen molar-refractivity contribution in [1.82, 2.24) is 9.62 Å². The van der Waals surface area contributed by atoms with E-state index < -0.39 is 10.0 Å². The summed E-state index contributed by atoms with van der Waals surface area (Å²) in [7, 11) is -3.65. The Bertz CT molecular complexity index is 762. The zero-order valence-corrected chi connectivity index (χ0v) is 17.9. The van der Waals surface area contributed by atoms with Gasteiger partial charge in [0, 0.05) is 18.8 Å². The summed E-state index contributed by atoms with van der Waals surface area (Å²) in [5.74, 6) is 0.846. The van der Waals surface area contributed by atoms with Gasteiger partial charge in [0.1, 0.15) is 10.6 Å². The molecule has 158 valence electrons. The molecular formula is C19H30ClN3O4S. The fraction of sp³-hybridized carbons (Fsp3) is 0.632. The number of benzene rings is 1. The lowest BCUT2D eigenvalue weighted by Crippen LogP contribution is -2.36. The molecule has 0 atom stereocenters. The lowest BCUT2D eigenvalue weighted by Gasteiger charge is -2.27. The number of nitrogens with zero attached hydrogens (tertiary/aromatic N) is 1. The van der Waals surface area contributed by atoms with Crippen molar-refractivity contribution >= 4 is 34.0 Å². The molecule has 1 saturated heterocycles. The molecule has 1 saturated carbocycles. The van der Waals surface area contributed by atoms with Crippen molar-refractivity contribution < 1.29 is 17.9 Å². The number of rotatable bonds is 9. The number of piperidine rings is 1. The van der Waals surface area contributed by atoms with Crippen molar-refractivity contribution in [3.05, 3.63) is 18.2 Å². The van der Waals surface area contributed by atoms with Crippen LogP contribution in [0.2, 0.25) is 0 Å². The smallest absolute Gasteiger partial charge is 0.246 e. The molecule has 28 heavy (non-hydrogen) atoms. The van der Waals surface area contributed by atoms with E-state index in [1.807, 2.05) is 6.92 Å². The number of anilines is 1. The number of hydrogen-bond acceptors (Lipinski definition) is 5. The van der Waals surface area contributed by atoms with Crippen LogP contribution in [0.5, 0.6) is 5.75 Å². The van der Waals surface area contributed by atoms with Crippen LogP contribution in [0, 0.1) is 5.92 Å². The average molecular weight is 432 g/mol. The largest absolute Gasteiger partial charge is 0.492 e. The minimum Gasteiger partial charge on any atom is -0.492 e. The zero-order valence-electron chi connectivity index (χ0n) is 16.3. The van der Waals surface area contributed by atoms with Gasteiger partial charge in [-0.25, -0.2) is 8.42 Å². The van der Waals surface area contributed by atoms with Gasteiger partial charge in [-0.2, -0.15) is 4.31 Å². The van der Waals surface area contributed by atoms with Crippen LogP contribution in [-0.4, -0.2) is 51.4 Å². The molecule has 1 amide bonds. The Hall–Kier alpha value is -1.35. The maximum atomic E-state index is 13.1. The van der Waals surface area contributed by atoms with E-state index in [2.05, 4.69) is 10.6 Å². The van der Waals surface area contributed by atoms with Crippen LogP contribution in [0.25, 0.3) is 0 Å². The third-order valence-corrected chi connectivity index (χ3v) is 6.80. The normalized spacial score (nSPS) is 17.6. The highest BCUT2D eigenvalue weighted by atomic mass is 35.5. The topological polar surface area (TPSA) is 87.7 Å². The van der Waals surface area contributed by atoms with E-state index in [1.54, 1.807) is 12.1 Å². The van der Waals surface area contributed by atoms with Crippen LogP contribution in [-0.2, 0) is 14.8 Å². The molecule has 0 radical (unpaired) electrons. The zero-order chi connectivity index (χ0) is 19.3. The van der Waals surface area contributed by atoms with Gasteiger partial charge in [-0.1, -0.05) is 6.42 Å². The molecule has 1 aliphatic heterocycles. The molecule has 3 rings (SSSR count). The first kappa shape index (κ1) is 22.9. The minimum absolute atomic E-state index is 0. The molecule has 1 heterocycles. The number of carbonyl (C=O) groups is 1. The third-order valence-electron chi connectivity index (χ3n) is 4.88. The van der Waals surface area contributed by atoms with E-state index in [4.69, 9.17) is 4.74 Å². The van der Waals surface area contributed by atoms with Gasteiger partial charge in [0.15, 0.2) is 0 Å². The molecule has 1 aliphatic carbocycles. The highest BCUT2D eigenvalue weighted by Gasteiger charge is 2.29. The minimum atomic E-state index is -3.65. The number of sulfonamides is 1. The molecule has 1 aromatic carbocycles. The van der Waals surface area contributed by atoms with Crippen LogP contribution in [0.4, 0.5) is 5.69 Å². The fourth-order valence-electron chi connectivity index (χ4n) is 3.22. The Morgan fingerprint density at radius 1 is 1.21 bits per heavy atom. The SMILES string of the molecule is CCOc1ccc(NC(=O)CNCC2CC2)cc1S(=O)(=O)N1CCCCC1.Cl. The molecule has 1 aromatic rings. The average Bonchev–Trinajstić information content (AvgIpc) is 3.48. The van der Waals surface area contributed by atoms with E-state index >= 15 is 0 Å². The van der Waals surface area contributed by atoms with Crippen LogP contribution < -0.4 is 15.4 Å². The number of hydrogen-bond donors (Lipinski definition) is 2. The van der Waals surface area contributed by atoms with Crippen molar-refractivity contribution in [3.8, 4) is 5.75 Å². The summed E-state index contributed by atoms with van der Waals surface area (Å²) >= 11 is 0. The first-order chi connectivity index (χ1) is 13.0.